The van der Waals surface area contributed by atoms with E-state index in [1.165, 1.54) is 6.92 Å². The molecule has 0 saturated carbocycles. The Kier molecular flexibility index (Phi) is 5.78. The third kappa shape index (κ3) is 6.36. The molecule has 0 fully saturated rings. The second kappa shape index (κ2) is 6.31. The standard InChI is InChI=1S/C8H10O5S/c1-5(9)2-6(10)3-7(11)4-8(12)13-14/h14H,2-4H2,1H3. The summed E-state index contributed by atoms with van der Waals surface area (Å²) in [5.74, 6) is -2.18. The van der Waals surface area contributed by atoms with Crippen LogP contribution in [0.2, 0.25) is 0 Å². The molecule has 0 heterocycles. The molecule has 0 aliphatic heterocycles. The van der Waals surface area contributed by atoms with Crippen LogP contribution in [0.1, 0.15) is 26.2 Å². The Labute approximate surface area is 86.4 Å². The number of thiol groups is 1. The predicted octanol–water partition coefficient (Wildman–Crippen LogP) is 0.272. The van der Waals surface area contributed by atoms with Gasteiger partial charge in [0.1, 0.15) is 18.0 Å². The minimum absolute atomic E-state index is 0.276. The molecule has 0 amide bonds. The Morgan fingerprint density at radius 2 is 1.50 bits per heavy atom. The molecule has 0 aromatic carbocycles. The molecule has 0 aliphatic rings. The first-order valence-electron chi connectivity index (χ1n) is 3.82. The lowest BCUT2D eigenvalue weighted by Gasteiger charge is -1.97. The minimum Gasteiger partial charge on any atom is -0.394 e. The molecule has 78 valence electrons. The highest BCUT2D eigenvalue weighted by molar-refractivity contribution is 7.75. The van der Waals surface area contributed by atoms with Crippen molar-refractivity contribution in [3.63, 3.8) is 0 Å². The van der Waals surface area contributed by atoms with Crippen molar-refractivity contribution in [3.05, 3.63) is 0 Å². The predicted molar refractivity (Wildman–Crippen MR) is 49.6 cm³/mol. The van der Waals surface area contributed by atoms with Crippen LogP contribution < -0.4 is 0 Å². The van der Waals surface area contributed by atoms with Crippen molar-refractivity contribution < 1.29 is 23.4 Å². The molecule has 0 N–H and O–H groups in total. The van der Waals surface area contributed by atoms with Gasteiger partial charge in [-0.15, -0.1) is 0 Å². The van der Waals surface area contributed by atoms with E-state index in [-0.39, 0.29) is 12.2 Å². The number of Topliss-reactive ketones (excluding diaryl/α,β-unsaturated/α-hetero) is 3. The van der Waals surface area contributed by atoms with Crippen LogP contribution in [-0.2, 0) is 23.4 Å². The first kappa shape index (κ1) is 12.8. The van der Waals surface area contributed by atoms with Gasteiger partial charge in [0.25, 0.3) is 0 Å². The first-order chi connectivity index (χ1) is 6.45. The molecule has 0 atom stereocenters. The van der Waals surface area contributed by atoms with Gasteiger partial charge in [0.05, 0.1) is 12.8 Å². The fourth-order valence-electron chi connectivity index (χ4n) is 0.816. The summed E-state index contributed by atoms with van der Waals surface area (Å²) >= 11 is 3.20. The van der Waals surface area contributed by atoms with Crippen LogP contribution in [0.5, 0.6) is 0 Å². The van der Waals surface area contributed by atoms with Gasteiger partial charge in [0.15, 0.2) is 5.78 Å². The highest BCUT2D eigenvalue weighted by atomic mass is 32.1. The van der Waals surface area contributed by atoms with Gasteiger partial charge in [-0.05, 0) is 6.92 Å². The zero-order valence-corrected chi connectivity index (χ0v) is 8.50. The summed E-state index contributed by atoms with van der Waals surface area (Å²) in [6.45, 7) is 1.25. The molecule has 0 aromatic rings. The van der Waals surface area contributed by atoms with Crippen LogP contribution in [0.25, 0.3) is 0 Å². The lowest BCUT2D eigenvalue weighted by atomic mass is 10.1. The summed E-state index contributed by atoms with van der Waals surface area (Å²) in [5.41, 5.74) is 0. The Hall–Kier alpha value is -1.17. The first-order valence-corrected chi connectivity index (χ1v) is 4.19. The minimum atomic E-state index is -0.811. The summed E-state index contributed by atoms with van der Waals surface area (Å²) < 4.78 is 3.94. The third-order valence-corrected chi connectivity index (χ3v) is 1.49. The van der Waals surface area contributed by atoms with E-state index < -0.39 is 30.4 Å². The lowest BCUT2D eigenvalue weighted by molar-refractivity contribution is -0.137. The summed E-state index contributed by atoms with van der Waals surface area (Å²) in [7, 11) is 0. The number of rotatable bonds is 6. The van der Waals surface area contributed by atoms with Crippen molar-refractivity contribution in [1.29, 1.82) is 0 Å². The Morgan fingerprint density at radius 1 is 1.00 bits per heavy atom. The van der Waals surface area contributed by atoms with Gasteiger partial charge in [-0.3, -0.25) is 19.2 Å². The number of hydrogen-bond acceptors (Lipinski definition) is 6. The maximum atomic E-state index is 10.9. The molecule has 0 unspecified atom stereocenters. The van der Waals surface area contributed by atoms with Crippen molar-refractivity contribution in [2.24, 2.45) is 0 Å². The van der Waals surface area contributed by atoms with Crippen molar-refractivity contribution in [3.8, 4) is 0 Å². The van der Waals surface area contributed by atoms with E-state index in [4.69, 9.17) is 0 Å². The Balaban J connectivity index is 3.88. The molecule has 6 heteroatoms. The topological polar surface area (TPSA) is 77.5 Å². The quantitative estimate of drug-likeness (QED) is 0.393. The fraction of sp³-hybridized carbons (Fsp3) is 0.500. The summed E-state index contributed by atoms with van der Waals surface area (Å²) in [5, 5.41) is 0. The normalized spacial score (nSPS) is 9.29. The molecule has 0 aliphatic carbocycles. The fourth-order valence-corrected chi connectivity index (χ4v) is 0.880. The van der Waals surface area contributed by atoms with Crippen LogP contribution >= 0.6 is 12.9 Å². The Morgan fingerprint density at radius 3 is 1.93 bits per heavy atom. The SMILES string of the molecule is CC(=O)CC(=O)CC(=O)CC(=O)OS. The smallest absolute Gasteiger partial charge is 0.325 e. The molecular formula is C8H10O5S. The Bertz CT molecular complexity index is 271. The number of ketones is 3. The van der Waals surface area contributed by atoms with Gasteiger partial charge in [-0.25, -0.2) is 0 Å². The highest BCUT2D eigenvalue weighted by Gasteiger charge is 2.15. The zero-order chi connectivity index (χ0) is 11.1. The van der Waals surface area contributed by atoms with Gasteiger partial charge in [0, 0.05) is 12.9 Å². The molecule has 14 heavy (non-hydrogen) atoms. The number of hydrogen-bond donors (Lipinski definition) is 1. The van der Waals surface area contributed by atoms with E-state index in [2.05, 4.69) is 17.1 Å². The molecular weight excluding hydrogens is 208 g/mol. The molecule has 0 rings (SSSR count). The monoisotopic (exact) mass is 218 g/mol. The van der Waals surface area contributed by atoms with Crippen molar-refractivity contribution >= 4 is 36.2 Å². The average molecular weight is 218 g/mol. The van der Waals surface area contributed by atoms with Gasteiger partial charge < -0.3 is 4.18 Å². The van der Waals surface area contributed by atoms with Gasteiger partial charge in [-0.2, -0.15) is 0 Å². The maximum Gasteiger partial charge on any atom is 0.325 e. The van der Waals surface area contributed by atoms with Crippen molar-refractivity contribution in [1.82, 2.24) is 0 Å². The molecule has 0 aromatic heterocycles. The second-order valence-electron chi connectivity index (χ2n) is 2.77. The average Bonchev–Trinajstić information content (AvgIpc) is 2.01. The third-order valence-electron chi connectivity index (χ3n) is 1.28. The van der Waals surface area contributed by atoms with E-state index in [0.717, 1.165) is 0 Å². The van der Waals surface area contributed by atoms with E-state index in [1.54, 1.807) is 0 Å². The number of carbonyl (C=O) groups excluding carboxylic acids is 4. The highest BCUT2D eigenvalue weighted by Crippen LogP contribution is 1.98. The van der Waals surface area contributed by atoms with E-state index in [1.807, 2.05) is 0 Å². The maximum absolute atomic E-state index is 10.9. The van der Waals surface area contributed by atoms with E-state index in [0.29, 0.717) is 0 Å². The molecule has 5 nitrogen and oxygen atoms in total. The van der Waals surface area contributed by atoms with Gasteiger partial charge >= 0.3 is 5.97 Å². The molecule has 0 radical (unpaired) electrons. The summed E-state index contributed by atoms with van der Waals surface area (Å²) in [6, 6.07) is 0. The molecule has 0 saturated heterocycles. The van der Waals surface area contributed by atoms with Crippen LogP contribution in [-0.4, -0.2) is 23.3 Å². The van der Waals surface area contributed by atoms with Gasteiger partial charge in [0.2, 0.25) is 0 Å². The second-order valence-corrected chi connectivity index (χ2v) is 2.96. The van der Waals surface area contributed by atoms with Gasteiger partial charge in [-0.1, -0.05) is 0 Å². The van der Waals surface area contributed by atoms with Crippen molar-refractivity contribution in [2.75, 3.05) is 0 Å². The lowest BCUT2D eigenvalue weighted by Crippen LogP contribution is -2.14. The van der Waals surface area contributed by atoms with Crippen LogP contribution in [0.15, 0.2) is 0 Å². The van der Waals surface area contributed by atoms with Crippen LogP contribution in [0, 0.1) is 0 Å². The van der Waals surface area contributed by atoms with Crippen LogP contribution in [0.3, 0.4) is 0 Å². The zero-order valence-electron chi connectivity index (χ0n) is 7.61. The van der Waals surface area contributed by atoms with Crippen LogP contribution in [0.4, 0.5) is 0 Å². The van der Waals surface area contributed by atoms with E-state index >= 15 is 0 Å². The molecule has 0 bridgehead atoms. The summed E-state index contributed by atoms with van der Waals surface area (Å²) in [4.78, 5) is 42.9. The molecule has 0 spiro atoms. The number of carbonyl (C=O) groups is 4. The van der Waals surface area contributed by atoms with Crippen molar-refractivity contribution in [2.45, 2.75) is 26.2 Å². The van der Waals surface area contributed by atoms with E-state index in [9.17, 15) is 19.2 Å². The summed E-state index contributed by atoms with van der Waals surface area (Å²) in [6.07, 6.45) is -1.18. The largest absolute Gasteiger partial charge is 0.394 e.